The molecule has 0 atom stereocenters. The number of thiophene rings is 1. The summed E-state index contributed by atoms with van der Waals surface area (Å²) in [5.74, 6) is 0.333. The van der Waals surface area contributed by atoms with E-state index in [-0.39, 0.29) is 12.4 Å². The molecule has 1 amide bonds. The van der Waals surface area contributed by atoms with E-state index >= 15 is 0 Å². The van der Waals surface area contributed by atoms with Crippen LogP contribution >= 0.6 is 23.7 Å². The van der Waals surface area contributed by atoms with Crippen molar-refractivity contribution in [3.05, 3.63) is 22.4 Å². The van der Waals surface area contributed by atoms with Gasteiger partial charge >= 0.3 is 0 Å². The SMILES string of the molecule is CCCN(C(=O)CCc1ccsc1)C1CCNCC1.Cl. The minimum atomic E-state index is 0. The van der Waals surface area contributed by atoms with Crippen molar-refractivity contribution in [2.24, 2.45) is 0 Å². The van der Waals surface area contributed by atoms with Crippen LogP contribution in [0.5, 0.6) is 0 Å². The third-order valence-corrected chi connectivity index (χ3v) is 4.47. The highest BCUT2D eigenvalue weighted by Gasteiger charge is 2.24. The Hall–Kier alpha value is -0.580. The molecule has 114 valence electrons. The summed E-state index contributed by atoms with van der Waals surface area (Å²) in [4.78, 5) is 14.6. The van der Waals surface area contributed by atoms with E-state index in [1.165, 1.54) is 5.56 Å². The fourth-order valence-corrected chi connectivity index (χ4v) is 3.40. The third-order valence-electron chi connectivity index (χ3n) is 3.74. The van der Waals surface area contributed by atoms with Crippen LogP contribution in [-0.2, 0) is 11.2 Å². The minimum Gasteiger partial charge on any atom is -0.340 e. The summed E-state index contributed by atoms with van der Waals surface area (Å²) in [5, 5.41) is 7.59. The number of rotatable bonds is 6. The molecule has 1 aromatic heterocycles. The van der Waals surface area contributed by atoms with Gasteiger partial charge in [-0.3, -0.25) is 4.79 Å². The Bertz CT molecular complexity index is 377. The Balaban J connectivity index is 0.00000200. The Morgan fingerprint density at radius 1 is 1.45 bits per heavy atom. The van der Waals surface area contributed by atoms with Crippen molar-refractivity contribution in [2.75, 3.05) is 19.6 Å². The van der Waals surface area contributed by atoms with E-state index < -0.39 is 0 Å². The molecule has 2 heterocycles. The number of amides is 1. The summed E-state index contributed by atoms with van der Waals surface area (Å²) in [5.41, 5.74) is 1.29. The highest BCUT2D eigenvalue weighted by molar-refractivity contribution is 7.07. The predicted molar refractivity (Wildman–Crippen MR) is 87.8 cm³/mol. The van der Waals surface area contributed by atoms with Crippen molar-refractivity contribution < 1.29 is 4.79 Å². The minimum absolute atomic E-state index is 0. The van der Waals surface area contributed by atoms with Gasteiger partial charge in [-0.25, -0.2) is 0 Å². The van der Waals surface area contributed by atoms with Crippen LogP contribution in [-0.4, -0.2) is 36.5 Å². The number of aryl methyl sites for hydroxylation is 1. The average molecular weight is 317 g/mol. The van der Waals surface area contributed by atoms with Gasteiger partial charge in [0.05, 0.1) is 0 Å². The maximum atomic E-state index is 12.4. The second kappa shape index (κ2) is 9.37. The maximum absolute atomic E-state index is 12.4. The zero-order chi connectivity index (χ0) is 13.5. The van der Waals surface area contributed by atoms with Crippen LogP contribution in [0, 0.1) is 0 Å². The van der Waals surface area contributed by atoms with Gasteiger partial charge in [-0.1, -0.05) is 6.92 Å². The molecule has 1 saturated heterocycles. The molecule has 0 aromatic carbocycles. The number of halogens is 1. The molecule has 2 rings (SSSR count). The van der Waals surface area contributed by atoms with Crippen LogP contribution in [0.3, 0.4) is 0 Å². The smallest absolute Gasteiger partial charge is 0.223 e. The van der Waals surface area contributed by atoms with E-state index in [4.69, 9.17) is 0 Å². The van der Waals surface area contributed by atoms with Gasteiger partial charge in [-0.05, 0) is 61.2 Å². The largest absolute Gasteiger partial charge is 0.340 e. The molecule has 1 aliphatic heterocycles. The third kappa shape index (κ3) is 5.08. The summed E-state index contributed by atoms with van der Waals surface area (Å²) in [6.07, 6.45) is 4.79. The highest BCUT2D eigenvalue weighted by atomic mass is 35.5. The lowest BCUT2D eigenvalue weighted by atomic mass is 10.0. The molecule has 3 nitrogen and oxygen atoms in total. The lowest BCUT2D eigenvalue weighted by Gasteiger charge is -2.34. The Labute approximate surface area is 132 Å². The normalized spacial score (nSPS) is 15.7. The van der Waals surface area contributed by atoms with Crippen LogP contribution in [0.4, 0.5) is 0 Å². The number of nitrogens with zero attached hydrogens (tertiary/aromatic N) is 1. The fraction of sp³-hybridized carbons (Fsp3) is 0.667. The standard InChI is InChI=1S/C15H24N2OS.ClH/c1-2-10-17(14-5-8-16-9-6-14)15(18)4-3-13-7-11-19-12-13;/h7,11-12,14,16H,2-6,8-10H2,1H3;1H. The van der Waals surface area contributed by atoms with Gasteiger partial charge in [0, 0.05) is 19.0 Å². The maximum Gasteiger partial charge on any atom is 0.223 e. The molecular formula is C15H25ClN2OS. The van der Waals surface area contributed by atoms with Crippen LogP contribution in [0.25, 0.3) is 0 Å². The second-order valence-corrected chi connectivity index (χ2v) is 5.98. The number of hydrogen-bond acceptors (Lipinski definition) is 3. The zero-order valence-corrected chi connectivity index (χ0v) is 13.8. The topological polar surface area (TPSA) is 32.3 Å². The van der Waals surface area contributed by atoms with Gasteiger partial charge in [-0.15, -0.1) is 12.4 Å². The highest BCUT2D eigenvalue weighted by Crippen LogP contribution is 2.16. The number of carbonyl (C=O) groups excluding carboxylic acids is 1. The Kier molecular flexibility index (Phi) is 8.19. The molecule has 0 bridgehead atoms. The van der Waals surface area contributed by atoms with E-state index in [1.807, 2.05) is 0 Å². The van der Waals surface area contributed by atoms with Crippen LogP contribution in [0.1, 0.15) is 38.2 Å². The number of nitrogens with one attached hydrogen (secondary N) is 1. The van der Waals surface area contributed by atoms with E-state index in [2.05, 4.69) is 34.0 Å². The molecule has 0 unspecified atom stereocenters. The van der Waals surface area contributed by atoms with Gasteiger partial charge in [0.25, 0.3) is 0 Å². The monoisotopic (exact) mass is 316 g/mol. The first-order valence-corrected chi connectivity index (χ1v) is 8.26. The van der Waals surface area contributed by atoms with Crippen molar-refractivity contribution in [3.8, 4) is 0 Å². The molecule has 1 N–H and O–H groups in total. The first kappa shape index (κ1) is 17.5. The van der Waals surface area contributed by atoms with Crippen molar-refractivity contribution in [1.82, 2.24) is 10.2 Å². The first-order valence-electron chi connectivity index (χ1n) is 7.32. The Morgan fingerprint density at radius 2 is 2.20 bits per heavy atom. The molecule has 20 heavy (non-hydrogen) atoms. The summed E-state index contributed by atoms with van der Waals surface area (Å²) >= 11 is 1.70. The summed E-state index contributed by atoms with van der Waals surface area (Å²) in [6, 6.07) is 2.57. The van der Waals surface area contributed by atoms with Gasteiger partial charge in [0.2, 0.25) is 5.91 Å². The molecule has 0 spiro atoms. The molecule has 0 aliphatic carbocycles. The fourth-order valence-electron chi connectivity index (χ4n) is 2.70. The van der Waals surface area contributed by atoms with Crippen molar-refractivity contribution in [1.29, 1.82) is 0 Å². The molecule has 1 aromatic rings. The van der Waals surface area contributed by atoms with Crippen molar-refractivity contribution in [2.45, 2.75) is 45.1 Å². The predicted octanol–water partition coefficient (Wildman–Crippen LogP) is 3.09. The summed E-state index contributed by atoms with van der Waals surface area (Å²) in [6.45, 7) is 5.15. The van der Waals surface area contributed by atoms with E-state index in [1.54, 1.807) is 11.3 Å². The van der Waals surface area contributed by atoms with E-state index in [0.29, 0.717) is 18.4 Å². The lowest BCUT2D eigenvalue weighted by Crippen LogP contribution is -2.46. The number of piperidine rings is 1. The van der Waals surface area contributed by atoms with Crippen LogP contribution < -0.4 is 5.32 Å². The van der Waals surface area contributed by atoms with Crippen molar-refractivity contribution in [3.63, 3.8) is 0 Å². The van der Waals surface area contributed by atoms with Crippen molar-refractivity contribution >= 4 is 29.7 Å². The summed E-state index contributed by atoms with van der Waals surface area (Å²) < 4.78 is 0. The van der Waals surface area contributed by atoms with Gasteiger partial charge in [0.15, 0.2) is 0 Å². The molecule has 0 saturated carbocycles. The zero-order valence-electron chi connectivity index (χ0n) is 12.1. The molecule has 5 heteroatoms. The second-order valence-electron chi connectivity index (χ2n) is 5.20. The van der Waals surface area contributed by atoms with Gasteiger partial charge in [0.1, 0.15) is 0 Å². The molecule has 0 radical (unpaired) electrons. The summed E-state index contributed by atoms with van der Waals surface area (Å²) in [7, 11) is 0. The number of hydrogen-bond donors (Lipinski definition) is 1. The first-order chi connectivity index (χ1) is 9.31. The van der Waals surface area contributed by atoms with Crippen LogP contribution in [0.15, 0.2) is 16.8 Å². The quantitative estimate of drug-likeness (QED) is 0.874. The van der Waals surface area contributed by atoms with E-state index in [9.17, 15) is 4.79 Å². The van der Waals surface area contributed by atoms with Gasteiger partial charge in [-0.2, -0.15) is 11.3 Å². The van der Waals surface area contributed by atoms with Gasteiger partial charge < -0.3 is 10.2 Å². The Morgan fingerprint density at radius 3 is 2.80 bits per heavy atom. The molecular weight excluding hydrogens is 292 g/mol. The average Bonchev–Trinajstić information content (AvgIpc) is 2.96. The lowest BCUT2D eigenvalue weighted by molar-refractivity contribution is -0.134. The molecule has 1 fully saturated rings. The number of carbonyl (C=O) groups is 1. The van der Waals surface area contributed by atoms with E-state index in [0.717, 1.165) is 45.3 Å². The van der Waals surface area contributed by atoms with Crippen LogP contribution in [0.2, 0.25) is 0 Å². The molecule has 1 aliphatic rings.